The lowest BCUT2D eigenvalue weighted by Crippen LogP contribution is -2.25. The molecule has 2 aromatic heterocycles. The number of nitrogens with zero attached hydrogens (tertiary/aromatic N) is 1. The van der Waals surface area contributed by atoms with Crippen LogP contribution in [0.4, 0.5) is 0 Å². The van der Waals surface area contributed by atoms with Crippen molar-refractivity contribution in [3.63, 3.8) is 0 Å². The average Bonchev–Trinajstić information content (AvgIpc) is 3.03. The third kappa shape index (κ3) is 4.63. The minimum atomic E-state index is -0.0565. The molecule has 0 aliphatic heterocycles. The number of aromatic nitrogens is 2. The topological polar surface area (TPSA) is 76.1 Å². The molecule has 0 aliphatic rings. The van der Waals surface area contributed by atoms with E-state index in [1.165, 1.54) is 11.3 Å². The molecule has 1 aromatic carbocycles. The highest BCUT2D eigenvalue weighted by Gasteiger charge is 2.11. The van der Waals surface area contributed by atoms with Gasteiger partial charge in [0.1, 0.15) is 4.70 Å². The molecule has 0 fully saturated rings. The van der Waals surface area contributed by atoms with Gasteiger partial charge in [0.25, 0.3) is 5.56 Å². The van der Waals surface area contributed by atoms with Gasteiger partial charge in [0.2, 0.25) is 5.91 Å². The van der Waals surface area contributed by atoms with Crippen molar-refractivity contribution in [2.24, 2.45) is 0 Å². The summed E-state index contributed by atoms with van der Waals surface area (Å²) in [5.41, 5.74) is 0.760. The Morgan fingerprint density at radius 2 is 2.11 bits per heavy atom. The summed E-state index contributed by atoms with van der Waals surface area (Å²) in [5, 5.41) is 3.89. The first-order chi connectivity index (χ1) is 13.1. The van der Waals surface area contributed by atoms with E-state index in [2.05, 4.69) is 10.3 Å². The summed E-state index contributed by atoms with van der Waals surface area (Å²) in [4.78, 5) is 27.8. The maximum atomic E-state index is 12.8. The molecule has 2 N–H and O–H groups in total. The third-order valence-electron chi connectivity index (χ3n) is 4.39. The van der Waals surface area contributed by atoms with Crippen LogP contribution in [0.1, 0.15) is 25.7 Å². The van der Waals surface area contributed by atoms with E-state index in [-0.39, 0.29) is 11.5 Å². The van der Waals surface area contributed by atoms with Crippen LogP contribution in [0.25, 0.3) is 20.3 Å². The number of unbranched alkanes of at least 4 members (excludes halogenated alkanes) is 1. The number of benzene rings is 1. The standard InChI is InChI=1S/C19H23N3O3S2/c1-25-12-6-10-20-15(23)9-4-5-11-22-18(24)17-16(21-19(22)26)13-7-2-3-8-14(13)27-17/h2-3,7-8H,4-6,9-12H2,1H3,(H,20,23)(H,21,26). The van der Waals surface area contributed by atoms with E-state index in [9.17, 15) is 9.59 Å². The average molecular weight is 406 g/mol. The Labute approximate surface area is 166 Å². The highest BCUT2D eigenvalue weighted by molar-refractivity contribution is 7.71. The molecule has 27 heavy (non-hydrogen) atoms. The third-order valence-corrected chi connectivity index (χ3v) is 5.88. The van der Waals surface area contributed by atoms with E-state index in [1.807, 2.05) is 24.3 Å². The van der Waals surface area contributed by atoms with Gasteiger partial charge in [-0.15, -0.1) is 11.3 Å². The van der Waals surface area contributed by atoms with Crippen molar-refractivity contribution in [3.05, 3.63) is 39.4 Å². The highest BCUT2D eigenvalue weighted by Crippen LogP contribution is 2.29. The predicted molar refractivity (Wildman–Crippen MR) is 112 cm³/mol. The number of rotatable bonds is 9. The number of carbonyl (C=O) groups is 1. The lowest BCUT2D eigenvalue weighted by molar-refractivity contribution is -0.121. The monoisotopic (exact) mass is 405 g/mol. The van der Waals surface area contributed by atoms with Crippen molar-refractivity contribution >= 4 is 49.8 Å². The quantitative estimate of drug-likeness (QED) is 0.421. The molecular formula is C19H23N3O3S2. The van der Waals surface area contributed by atoms with Crippen LogP contribution < -0.4 is 10.9 Å². The van der Waals surface area contributed by atoms with E-state index < -0.39 is 0 Å². The van der Waals surface area contributed by atoms with Gasteiger partial charge in [0, 0.05) is 43.3 Å². The smallest absolute Gasteiger partial charge is 0.272 e. The molecule has 144 valence electrons. The highest BCUT2D eigenvalue weighted by atomic mass is 32.1. The Bertz CT molecular complexity index is 1050. The van der Waals surface area contributed by atoms with Gasteiger partial charge in [0.05, 0.1) is 5.52 Å². The van der Waals surface area contributed by atoms with Gasteiger partial charge in [-0.3, -0.25) is 14.2 Å². The number of aromatic amines is 1. The zero-order valence-electron chi connectivity index (χ0n) is 15.2. The molecule has 1 amide bonds. The van der Waals surface area contributed by atoms with E-state index in [0.717, 1.165) is 28.4 Å². The van der Waals surface area contributed by atoms with Crippen LogP contribution in [-0.4, -0.2) is 35.7 Å². The van der Waals surface area contributed by atoms with Gasteiger partial charge in [-0.2, -0.15) is 0 Å². The second-order valence-electron chi connectivity index (χ2n) is 6.34. The normalized spacial score (nSPS) is 11.3. The van der Waals surface area contributed by atoms with Gasteiger partial charge >= 0.3 is 0 Å². The van der Waals surface area contributed by atoms with Gasteiger partial charge < -0.3 is 15.0 Å². The number of thiophene rings is 1. The summed E-state index contributed by atoms with van der Waals surface area (Å²) < 4.78 is 8.74. The molecular weight excluding hydrogens is 382 g/mol. The fourth-order valence-corrected chi connectivity index (χ4v) is 4.38. The van der Waals surface area contributed by atoms with Crippen LogP contribution in [0.2, 0.25) is 0 Å². The number of H-pyrrole nitrogens is 1. The second-order valence-corrected chi connectivity index (χ2v) is 7.78. The van der Waals surface area contributed by atoms with Gasteiger partial charge in [-0.1, -0.05) is 18.2 Å². The Kier molecular flexibility index (Phi) is 6.76. The maximum absolute atomic E-state index is 12.8. The number of fused-ring (bicyclic) bond motifs is 3. The zero-order valence-corrected chi connectivity index (χ0v) is 16.9. The van der Waals surface area contributed by atoms with Gasteiger partial charge in [-0.25, -0.2) is 0 Å². The summed E-state index contributed by atoms with van der Waals surface area (Å²) in [6.07, 6.45) is 2.69. The lowest BCUT2D eigenvalue weighted by atomic mass is 10.2. The van der Waals surface area contributed by atoms with Crippen molar-refractivity contribution in [3.8, 4) is 0 Å². The Hall–Kier alpha value is -2.03. The van der Waals surface area contributed by atoms with Crippen molar-refractivity contribution in [1.29, 1.82) is 0 Å². The SMILES string of the molecule is COCCCNC(=O)CCCCn1c(=S)[nH]c2c(sc3ccccc32)c1=O. The minimum absolute atomic E-state index is 0.0311. The Morgan fingerprint density at radius 3 is 2.93 bits per heavy atom. The number of hydrogen-bond donors (Lipinski definition) is 2. The first-order valence-corrected chi connectivity index (χ1v) is 10.2. The number of nitrogens with one attached hydrogen (secondary N) is 2. The fraction of sp³-hybridized carbons (Fsp3) is 0.421. The van der Waals surface area contributed by atoms with Crippen molar-refractivity contribution in [2.45, 2.75) is 32.2 Å². The number of carbonyl (C=O) groups excluding carboxylic acids is 1. The molecule has 0 saturated carbocycles. The Balaban J connectivity index is 1.62. The summed E-state index contributed by atoms with van der Waals surface area (Å²) in [6.45, 7) is 1.77. The van der Waals surface area contributed by atoms with E-state index in [0.29, 0.717) is 42.0 Å². The zero-order chi connectivity index (χ0) is 19.2. The first kappa shape index (κ1) is 19.7. The molecule has 0 bridgehead atoms. The van der Waals surface area contributed by atoms with Crippen molar-refractivity contribution in [1.82, 2.24) is 14.9 Å². The molecule has 0 radical (unpaired) electrons. The van der Waals surface area contributed by atoms with Crippen LogP contribution in [0.3, 0.4) is 0 Å². The fourth-order valence-electron chi connectivity index (χ4n) is 3.00. The maximum Gasteiger partial charge on any atom is 0.272 e. The number of amides is 1. The molecule has 2 heterocycles. The summed E-state index contributed by atoms with van der Waals surface area (Å²) in [5.74, 6) is 0.0311. The number of ether oxygens (including phenoxy) is 1. The number of methoxy groups -OCH3 is 1. The first-order valence-electron chi connectivity index (χ1n) is 9.02. The lowest BCUT2D eigenvalue weighted by Gasteiger charge is -2.07. The van der Waals surface area contributed by atoms with Crippen LogP contribution in [0.5, 0.6) is 0 Å². The van der Waals surface area contributed by atoms with Gasteiger partial charge in [-0.05, 0) is 37.5 Å². The molecule has 0 unspecified atom stereocenters. The van der Waals surface area contributed by atoms with Crippen LogP contribution in [0.15, 0.2) is 29.1 Å². The second kappa shape index (κ2) is 9.25. The predicted octanol–water partition coefficient (Wildman–Crippen LogP) is 3.60. The van der Waals surface area contributed by atoms with Crippen LogP contribution >= 0.6 is 23.6 Å². The van der Waals surface area contributed by atoms with Gasteiger partial charge in [0.15, 0.2) is 4.77 Å². The molecule has 0 saturated heterocycles. The molecule has 0 spiro atoms. The van der Waals surface area contributed by atoms with E-state index >= 15 is 0 Å². The largest absolute Gasteiger partial charge is 0.385 e. The van der Waals surface area contributed by atoms with E-state index in [4.69, 9.17) is 17.0 Å². The molecule has 3 aromatic rings. The van der Waals surface area contributed by atoms with E-state index in [1.54, 1.807) is 11.7 Å². The van der Waals surface area contributed by atoms with Crippen molar-refractivity contribution < 1.29 is 9.53 Å². The molecule has 8 heteroatoms. The minimum Gasteiger partial charge on any atom is -0.385 e. The summed E-state index contributed by atoms with van der Waals surface area (Å²) in [6, 6.07) is 7.92. The van der Waals surface area contributed by atoms with Crippen molar-refractivity contribution in [2.75, 3.05) is 20.3 Å². The summed E-state index contributed by atoms with van der Waals surface area (Å²) >= 11 is 6.88. The molecule has 6 nitrogen and oxygen atoms in total. The Morgan fingerprint density at radius 1 is 1.30 bits per heavy atom. The molecule has 0 atom stereocenters. The number of hydrogen-bond acceptors (Lipinski definition) is 5. The molecule has 0 aliphatic carbocycles. The summed E-state index contributed by atoms with van der Waals surface area (Å²) in [7, 11) is 1.64. The molecule has 3 rings (SSSR count). The van der Waals surface area contributed by atoms with Crippen LogP contribution in [0, 0.1) is 4.77 Å². The van der Waals surface area contributed by atoms with Crippen LogP contribution in [-0.2, 0) is 16.1 Å².